The van der Waals surface area contributed by atoms with Gasteiger partial charge in [0.05, 0.1) is 6.10 Å². The first-order valence-electron chi connectivity index (χ1n) is 11.9. The molecular weight excluding hydrogens is 424 g/mol. The number of nitrogens with zero attached hydrogens (tertiary/aromatic N) is 1. The zero-order valence-corrected chi connectivity index (χ0v) is 19.0. The highest BCUT2D eigenvalue weighted by atomic mass is 16.5. The van der Waals surface area contributed by atoms with E-state index in [0.29, 0.717) is 18.8 Å². The van der Waals surface area contributed by atoms with Gasteiger partial charge >= 0.3 is 5.97 Å². The lowest BCUT2D eigenvalue weighted by Crippen LogP contribution is -2.54. The molecule has 2 heterocycles. The Balaban J connectivity index is 1.48. The Bertz CT molecular complexity index is 937. The number of ether oxygens (including phenoxy) is 1. The van der Waals surface area contributed by atoms with Gasteiger partial charge in [0.15, 0.2) is 0 Å². The number of piperidine rings is 1. The molecule has 2 aliphatic heterocycles. The molecule has 2 unspecified atom stereocenters. The number of benzene rings is 1. The summed E-state index contributed by atoms with van der Waals surface area (Å²) in [7, 11) is 0. The van der Waals surface area contributed by atoms with Crippen LogP contribution in [0, 0.1) is 5.92 Å². The highest BCUT2D eigenvalue weighted by molar-refractivity contribution is 6.07. The van der Waals surface area contributed by atoms with Gasteiger partial charge in [-0.05, 0) is 74.0 Å². The Labute approximate surface area is 193 Å². The van der Waals surface area contributed by atoms with Crippen molar-refractivity contribution < 1.29 is 29.0 Å². The van der Waals surface area contributed by atoms with Gasteiger partial charge in [-0.15, -0.1) is 0 Å². The standard InChI is InChI=1S/C25H32N2O6/c1-15-2-11-23(29)27(21-9-10-22(28)26-25(21)32)20-8-5-17(13-19(15)20)12-16-3-6-18(7-4-16)33-14-24(30)31/h5,8,13,15-16,18,21H,2-4,6-7,9-12,14H2,1H3,(H,30,31)(H,26,28,32). The number of rotatable bonds is 6. The Morgan fingerprint density at radius 2 is 1.85 bits per heavy atom. The van der Waals surface area contributed by atoms with Crippen molar-refractivity contribution in [2.45, 2.75) is 82.8 Å². The van der Waals surface area contributed by atoms with E-state index in [9.17, 15) is 19.2 Å². The molecule has 2 atom stereocenters. The van der Waals surface area contributed by atoms with Crippen LogP contribution in [-0.4, -0.2) is 47.6 Å². The monoisotopic (exact) mass is 456 g/mol. The second-order valence-corrected chi connectivity index (χ2v) is 9.62. The summed E-state index contributed by atoms with van der Waals surface area (Å²) < 4.78 is 5.45. The molecule has 8 heteroatoms. The summed E-state index contributed by atoms with van der Waals surface area (Å²) in [6.45, 7) is 1.88. The molecule has 2 fully saturated rings. The molecule has 4 rings (SSSR count). The molecule has 0 spiro atoms. The summed E-state index contributed by atoms with van der Waals surface area (Å²) in [4.78, 5) is 49.4. The van der Waals surface area contributed by atoms with Crippen LogP contribution in [0.4, 0.5) is 5.69 Å². The van der Waals surface area contributed by atoms with Crippen molar-refractivity contribution in [3.05, 3.63) is 29.3 Å². The van der Waals surface area contributed by atoms with Gasteiger partial charge in [-0.2, -0.15) is 0 Å². The molecule has 1 saturated carbocycles. The Kier molecular flexibility index (Phi) is 7.12. The van der Waals surface area contributed by atoms with Crippen molar-refractivity contribution in [3.63, 3.8) is 0 Å². The van der Waals surface area contributed by atoms with Gasteiger partial charge in [-0.25, -0.2) is 4.79 Å². The van der Waals surface area contributed by atoms with Crippen LogP contribution >= 0.6 is 0 Å². The molecule has 1 aromatic rings. The van der Waals surface area contributed by atoms with Crippen molar-refractivity contribution in [3.8, 4) is 0 Å². The zero-order valence-electron chi connectivity index (χ0n) is 19.0. The number of carbonyl (C=O) groups excluding carboxylic acids is 3. The van der Waals surface area contributed by atoms with E-state index in [-0.39, 0.29) is 36.9 Å². The SMILES string of the molecule is CC1CCC(=O)N(C2CCC(=O)NC2=O)c2ccc(CC3CCC(OCC(=O)O)CC3)cc21. The fourth-order valence-corrected chi connectivity index (χ4v) is 5.39. The molecule has 178 valence electrons. The van der Waals surface area contributed by atoms with Crippen LogP contribution in [0.1, 0.15) is 75.3 Å². The first kappa shape index (κ1) is 23.4. The number of amides is 3. The predicted octanol–water partition coefficient (Wildman–Crippen LogP) is 2.92. The number of imide groups is 1. The zero-order chi connectivity index (χ0) is 23.5. The van der Waals surface area contributed by atoms with E-state index in [1.807, 2.05) is 6.07 Å². The van der Waals surface area contributed by atoms with Gasteiger partial charge in [-0.3, -0.25) is 24.6 Å². The number of nitrogens with one attached hydrogen (secondary N) is 1. The number of hydrogen-bond acceptors (Lipinski definition) is 5. The quantitative estimate of drug-likeness (QED) is 0.637. The van der Waals surface area contributed by atoms with Gasteiger partial charge in [0.2, 0.25) is 17.7 Å². The van der Waals surface area contributed by atoms with Crippen LogP contribution in [0.25, 0.3) is 0 Å². The molecule has 2 N–H and O–H groups in total. The van der Waals surface area contributed by atoms with Crippen LogP contribution in [0.5, 0.6) is 0 Å². The van der Waals surface area contributed by atoms with E-state index in [1.54, 1.807) is 4.90 Å². The van der Waals surface area contributed by atoms with E-state index in [2.05, 4.69) is 24.4 Å². The lowest BCUT2D eigenvalue weighted by atomic mass is 9.82. The van der Waals surface area contributed by atoms with Crippen LogP contribution in [-0.2, 0) is 30.3 Å². The summed E-state index contributed by atoms with van der Waals surface area (Å²) in [6.07, 6.45) is 6.38. The number of fused-ring (bicyclic) bond motifs is 1. The number of carbonyl (C=O) groups is 4. The highest BCUT2D eigenvalue weighted by Gasteiger charge is 2.38. The van der Waals surface area contributed by atoms with Crippen molar-refractivity contribution in [2.24, 2.45) is 5.92 Å². The van der Waals surface area contributed by atoms with Gasteiger partial charge < -0.3 is 9.84 Å². The minimum Gasteiger partial charge on any atom is -0.480 e. The number of carboxylic acid groups (broad SMARTS) is 1. The molecule has 1 aliphatic carbocycles. The fourth-order valence-electron chi connectivity index (χ4n) is 5.39. The Hall–Kier alpha value is -2.74. The summed E-state index contributed by atoms with van der Waals surface area (Å²) in [5.41, 5.74) is 3.09. The average Bonchev–Trinajstić information content (AvgIpc) is 2.90. The molecule has 3 aliphatic rings. The maximum Gasteiger partial charge on any atom is 0.329 e. The van der Waals surface area contributed by atoms with E-state index >= 15 is 0 Å². The van der Waals surface area contributed by atoms with Crippen LogP contribution in [0.15, 0.2) is 18.2 Å². The normalized spacial score (nSPS) is 28.2. The molecule has 33 heavy (non-hydrogen) atoms. The van der Waals surface area contributed by atoms with Crippen LogP contribution in [0.3, 0.4) is 0 Å². The molecular formula is C25H32N2O6. The number of hydrogen-bond donors (Lipinski definition) is 2. The van der Waals surface area contributed by atoms with E-state index in [0.717, 1.165) is 49.8 Å². The fraction of sp³-hybridized carbons (Fsp3) is 0.600. The van der Waals surface area contributed by atoms with Crippen molar-refractivity contribution in [1.82, 2.24) is 5.32 Å². The van der Waals surface area contributed by atoms with Crippen molar-refractivity contribution in [2.75, 3.05) is 11.5 Å². The molecule has 3 amide bonds. The number of carboxylic acids is 1. The predicted molar refractivity (Wildman–Crippen MR) is 121 cm³/mol. The third kappa shape index (κ3) is 5.43. The molecule has 0 aromatic heterocycles. The number of anilines is 1. The maximum atomic E-state index is 13.0. The van der Waals surface area contributed by atoms with Crippen molar-refractivity contribution in [1.29, 1.82) is 0 Å². The summed E-state index contributed by atoms with van der Waals surface area (Å²) >= 11 is 0. The molecule has 1 aromatic carbocycles. The Morgan fingerprint density at radius 1 is 1.09 bits per heavy atom. The summed E-state index contributed by atoms with van der Waals surface area (Å²) in [5.74, 6) is -0.968. The minimum atomic E-state index is -0.930. The van der Waals surface area contributed by atoms with E-state index < -0.39 is 17.9 Å². The topological polar surface area (TPSA) is 113 Å². The number of aliphatic carboxylic acids is 1. The summed E-state index contributed by atoms with van der Waals surface area (Å²) in [6, 6.07) is 5.56. The lowest BCUT2D eigenvalue weighted by molar-refractivity contribution is -0.145. The van der Waals surface area contributed by atoms with Gasteiger partial charge in [0.1, 0.15) is 12.6 Å². The molecule has 0 bridgehead atoms. The average molecular weight is 457 g/mol. The van der Waals surface area contributed by atoms with E-state index in [1.165, 1.54) is 5.56 Å². The lowest BCUT2D eigenvalue weighted by Gasteiger charge is -2.33. The van der Waals surface area contributed by atoms with Gasteiger partial charge in [0.25, 0.3) is 0 Å². The molecule has 1 saturated heterocycles. The molecule has 8 nitrogen and oxygen atoms in total. The Morgan fingerprint density at radius 3 is 2.55 bits per heavy atom. The van der Waals surface area contributed by atoms with Crippen LogP contribution < -0.4 is 10.2 Å². The largest absolute Gasteiger partial charge is 0.480 e. The third-order valence-corrected chi connectivity index (χ3v) is 7.22. The summed E-state index contributed by atoms with van der Waals surface area (Å²) in [5, 5.41) is 11.2. The highest BCUT2D eigenvalue weighted by Crippen LogP contribution is 2.38. The third-order valence-electron chi connectivity index (χ3n) is 7.22. The second kappa shape index (κ2) is 10.0. The minimum absolute atomic E-state index is 0.0255. The van der Waals surface area contributed by atoms with E-state index in [4.69, 9.17) is 9.84 Å². The first-order valence-corrected chi connectivity index (χ1v) is 11.9. The van der Waals surface area contributed by atoms with Gasteiger partial charge in [0, 0.05) is 18.5 Å². The maximum absolute atomic E-state index is 13.0. The van der Waals surface area contributed by atoms with Gasteiger partial charge in [-0.1, -0.05) is 19.1 Å². The first-order chi connectivity index (χ1) is 15.8. The van der Waals surface area contributed by atoms with Crippen molar-refractivity contribution >= 4 is 29.4 Å². The smallest absolute Gasteiger partial charge is 0.329 e. The molecule has 0 radical (unpaired) electrons. The second-order valence-electron chi connectivity index (χ2n) is 9.62. The van der Waals surface area contributed by atoms with Crippen LogP contribution in [0.2, 0.25) is 0 Å².